The smallest absolute Gasteiger partial charge is 0.0718 e. The van der Waals surface area contributed by atoms with Crippen LogP contribution in [0, 0.1) is 5.41 Å². The number of piperidine rings is 1. The molecule has 2 aromatic heterocycles. The fraction of sp³-hybridized carbons (Fsp3) is 0.524. The number of rotatable bonds is 6. The molecule has 0 amide bonds. The van der Waals surface area contributed by atoms with Gasteiger partial charge < -0.3 is 9.47 Å². The minimum Gasteiger partial charge on any atom is -0.377 e. The lowest BCUT2D eigenvalue weighted by molar-refractivity contribution is -0.155. The molecule has 0 N–H and O–H groups in total. The van der Waals surface area contributed by atoms with Crippen molar-refractivity contribution in [2.75, 3.05) is 26.3 Å². The summed E-state index contributed by atoms with van der Waals surface area (Å²) in [6.07, 6.45) is 9.19. The molecule has 2 saturated heterocycles. The van der Waals surface area contributed by atoms with E-state index < -0.39 is 0 Å². The van der Waals surface area contributed by atoms with Gasteiger partial charge in [-0.2, -0.15) is 0 Å². The first-order valence-electron chi connectivity index (χ1n) is 9.55. The van der Waals surface area contributed by atoms with Gasteiger partial charge in [0.15, 0.2) is 0 Å². The average molecular weight is 353 g/mol. The Morgan fingerprint density at radius 1 is 1.19 bits per heavy atom. The predicted molar refractivity (Wildman–Crippen MR) is 99.4 cm³/mol. The van der Waals surface area contributed by atoms with Crippen molar-refractivity contribution in [1.82, 2.24) is 14.9 Å². The lowest BCUT2D eigenvalue weighted by atomic mass is 9.73. The van der Waals surface area contributed by atoms with Crippen LogP contribution in [-0.4, -0.2) is 47.3 Å². The molecule has 5 heteroatoms. The van der Waals surface area contributed by atoms with Crippen molar-refractivity contribution >= 4 is 0 Å². The van der Waals surface area contributed by atoms with Crippen LogP contribution in [0.25, 0.3) is 0 Å². The topological polar surface area (TPSA) is 47.5 Å². The standard InChI is InChI=1S/C21H27N3O2/c1-2-9-23-19(4-1)14-24-12-7-20-21(16-24,8-3-13-26-20)17-25-15-18-5-10-22-11-6-18/h1-2,4-6,9-11,20H,3,7-8,12-17H2/t20-,21+/m1/s1. The SMILES string of the molecule is c1ccc(CN2CC[C@H]3OCCC[C@@]3(COCc3ccncc3)C2)nc1. The first-order chi connectivity index (χ1) is 12.8. The van der Waals surface area contributed by atoms with Crippen molar-refractivity contribution in [3.05, 3.63) is 60.2 Å². The second-order valence-corrected chi connectivity index (χ2v) is 7.49. The van der Waals surface area contributed by atoms with E-state index in [1.54, 1.807) is 0 Å². The Morgan fingerprint density at radius 3 is 2.96 bits per heavy atom. The molecule has 26 heavy (non-hydrogen) atoms. The molecular formula is C21H27N3O2. The van der Waals surface area contributed by atoms with E-state index in [0.717, 1.165) is 51.4 Å². The largest absolute Gasteiger partial charge is 0.377 e. The van der Waals surface area contributed by atoms with Gasteiger partial charge in [-0.25, -0.2) is 0 Å². The first kappa shape index (κ1) is 17.6. The number of fused-ring (bicyclic) bond motifs is 1. The van der Waals surface area contributed by atoms with Gasteiger partial charge in [-0.3, -0.25) is 14.9 Å². The first-order valence-corrected chi connectivity index (χ1v) is 9.55. The summed E-state index contributed by atoms with van der Waals surface area (Å²) in [4.78, 5) is 11.1. The minimum absolute atomic E-state index is 0.0955. The maximum Gasteiger partial charge on any atom is 0.0718 e. The Kier molecular flexibility index (Phi) is 5.58. The Labute approximate surface area is 155 Å². The fourth-order valence-corrected chi connectivity index (χ4v) is 4.30. The Morgan fingerprint density at radius 2 is 2.12 bits per heavy atom. The molecule has 0 spiro atoms. The second kappa shape index (κ2) is 8.25. The van der Waals surface area contributed by atoms with Gasteiger partial charge in [0.1, 0.15) is 0 Å². The molecule has 5 nitrogen and oxygen atoms in total. The van der Waals surface area contributed by atoms with E-state index >= 15 is 0 Å². The molecule has 2 fully saturated rings. The van der Waals surface area contributed by atoms with Crippen LogP contribution in [0.15, 0.2) is 48.9 Å². The van der Waals surface area contributed by atoms with Gasteiger partial charge in [0.05, 0.1) is 25.0 Å². The normalized spacial score (nSPS) is 26.4. The van der Waals surface area contributed by atoms with E-state index in [-0.39, 0.29) is 5.41 Å². The van der Waals surface area contributed by atoms with Crippen molar-refractivity contribution < 1.29 is 9.47 Å². The zero-order chi connectivity index (χ0) is 17.7. The summed E-state index contributed by atoms with van der Waals surface area (Å²) in [5.41, 5.74) is 2.40. The number of nitrogens with zero attached hydrogens (tertiary/aromatic N) is 3. The third kappa shape index (κ3) is 4.11. The van der Waals surface area contributed by atoms with E-state index in [1.807, 2.05) is 36.8 Å². The van der Waals surface area contributed by atoms with Gasteiger partial charge in [0.25, 0.3) is 0 Å². The number of hydrogen-bond acceptors (Lipinski definition) is 5. The summed E-state index contributed by atoms with van der Waals surface area (Å²) in [5.74, 6) is 0. The predicted octanol–water partition coefficient (Wildman–Crippen LogP) is 3.06. The maximum absolute atomic E-state index is 6.17. The minimum atomic E-state index is 0.0955. The van der Waals surface area contributed by atoms with Crippen molar-refractivity contribution in [3.63, 3.8) is 0 Å². The third-order valence-electron chi connectivity index (χ3n) is 5.59. The van der Waals surface area contributed by atoms with E-state index in [4.69, 9.17) is 9.47 Å². The Balaban J connectivity index is 1.41. The van der Waals surface area contributed by atoms with E-state index in [1.165, 1.54) is 12.0 Å². The van der Waals surface area contributed by atoms with Gasteiger partial charge >= 0.3 is 0 Å². The summed E-state index contributed by atoms with van der Waals surface area (Å²) in [7, 11) is 0. The van der Waals surface area contributed by atoms with Gasteiger partial charge in [0, 0.05) is 50.2 Å². The van der Waals surface area contributed by atoms with Crippen LogP contribution in [-0.2, 0) is 22.6 Å². The molecule has 2 aromatic rings. The summed E-state index contributed by atoms with van der Waals surface area (Å²) in [6.45, 7) is 5.25. The molecule has 0 aromatic carbocycles. The van der Waals surface area contributed by atoms with Gasteiger partial charge in [-0.15, -0.1) is 0 Å². The molecule has 4 rings (SSSR count). The molecule has 0 saturated carbocycles. The van der Waals surface area contributed by atoms with Crippen molar-refractivity contribution in [1.29, 1.82) is 0 Å². The number of likely N-dealkylation sites (tertiary alicyclic amines) is 1. The molecular weight excluding hydrogens is 326 g/mol. The Hall–Kier alpha value is -1.82. The fourth-order valence-electron chi connectivity index (χ4n) is 4.30. The summed E-state index contributed by atoms with van der Waals surface area (Å²) < 4.78 is 12.3. The number of pyridine rings is 2. The molecule has 0 unspecified atom stereocenters. The second-order valence-electron chi connectivity index (χ2n) is 7.49. The maximum atomic E-state index is 6.17. The molecule has 2 aliphatic heterocycles. The van der Waals surface area contributed by atoms with Gasteiger partial charge in [0.2, 0.25) is 0 Å². The van der Waals surface area contributed by atoms with Crippen LogP contribution in [0.5, 0.6) is 0 Å². The highest BCUT2D eigenvalue weighted by Crippen LogP contribution is 2.40. The lowest BCUT2D eigenvalue weighted by Crippen LogP contribution is -2.56. The van der Waals surface area contributed by atoms with E-state index in [2.05, 4.69) is 27.0 Å². The molecule has 0 bridgehead atoms. The summed E-state index contributed by atoms with van der Waals surface area (Å²) in [6, 6.07) is 10.2. The highest BCUT2D eigenvalue weighted by atomic mass is 16.5. The Bertz CT molecular complexity index is 682. The van der Waals surface area contributed by atoms with Crippen molar-refractivity contribution in [2.24, 2.45) is 5.41 Å². The van der Waals surface area contributed by atoms with Crippen LogP contribution < -0.4 is 0 Å². The van der Waals surface area contributed by atoms with Gasteiger partial charge in [-0.1, -0.05) is 6.07 Å². The van der Waals surface area contributed by atoms with E-state index in [0.29, 0.717) is 12.7 Å². The average Bonchev–Trinajstić information content (AvgIpc) is 2.69. The molecule has 138 valence electrons. The zero-order valence-corrected chi connectivity index (χ0v) is 15.2. The number of hydrogen-bond donors (Lipinski definition) is 0. The van der Waals surface area contributed by atoms with Crippen LogP contribution in [0.3, 0.4) is 0 Å². The van der Waals surface area contributed by atoms with Gasteiger partial charge in [-0.05, 0) is 49.1 Å². The zero-order valence-electron chi connectivity index (χ0n) is 15.2. The van der Waals surface area contributed by atoms with Crippen molar-refractivity contribution in [2.45, 2.75) is 38.5 Å². The van der Waals surface area contributed by atoms with Crippen LogP contribution in [0.1, 0.15) is 30.5 Å². The quantitative estimate of drug-likeness (QED) is 0.799. The van der Waals surface area contributed by atoms with Crippen LogP contribution in [0.2, 0.25) is 0 Å². The van der Waals surface area contributed by atoms with Crippen LogP contribution in [0.4, 0.5) is 0 Å². The summed E-state index contributed by atoms with van der Waals surface area (Å²) >= 11 is 0. The molecule has 0 radical (unpaired) electrons. The molecule has 0 aliphatic carbocycles. The summed E-state index contributed by atoms with van der Waals surface area (Å²) in [5, 5.41) is 0. The van der Waals surface area contributed by atoms with Crippen LogP contribution >= 0.6 is 0 Å². The lowest BCUT2D eigenvalue weighted by Gasteiger charge is -2.50. The van der Waals surface area contributed by atoms with Crippen molar-refractivity contribution in [3.8, 4) is 0 Å². The van der Waals surface area contributed by atoms with E-state index in [9.17, 15) is 0 Å². The molecule has 2 aliphatic rings. The molecule has 2 atom stereocenters. The molecule has 4 heterocycles. The highest BCUT2D eigenvalue weighted by Gasteiger charge is 2.46. The monoisotopic (exact) mass is 353 g/mol. The number of aromatic nitrogens is 2. The highest BCUT2D eigenvalue weighted by molar-refractivity contribution is 5.08. The third-order valence-corrected chi connectivity index (χ3v) is 5.59. The number of ether oxygens (including phenoxy) is 2.